The lowest BCUT2D eigenvalue weighted by Crippen LogP contribution is -2.72. The van der Waals surface area contributed by atoms with E-state index in [0.717, 1.165) is 0 Å². The van der Waals surface area contributed by atoms with E-state index in [-0.39, 0.29) is 0 Å². The van der Waals surface area contributed by atoms with Crippen molar-refractivity contribution in [2.24, 2.45) is 0 Å². The molecule has 0 aromatic carbocycles. The first kappa shape index (κ1) is 31.8. The van der Waals surface area contributed by atoms with Crippen LogP contribution >= 0.6 is 0 Å². The molecule has 3 rings (SSSR count). The molecule has 3 saturated heterocycles. The molecule has 0 aromatic rings. The molecule has 0 bridgehead atoms. The molecule has 3 fully saturated rings. The monoisotopic (exact) mass is 584 g/mol. The Morgan fingerprint density at radius 3 is 1.71 bits per heavy atom. The van der Waals surface area contributed by atoms with E-state index in [2.05, 4.69) is 0 Å². The second-order valence-electron chi connectivity index (χ2n) is 8.96. The van der Waals surface area contributed by atoms with Crippen LogP contribution in [0.2, 0.25) is 0 Å². The Morgan fingerprint density at radius 2 is 1.18 bits per heavy atom. The highest BCUT2D eigenvalue weighted by atomic mass is 32.2. The van der Waals surface area contributed by atoms with Crippen LogP contribution in [0, 0.1) is 0 Å². The molecule has 0 spiro atoms. The molecule has 0 aromatic heterocycles. The van der Waals surface area contributed by atoms with Crippen molar-refractivity contribution in [2.75, 3.05) is 19.8 Å². The molecule has 3 aliphatic rings. The Balaban J connectivity index is 1.88. The number of rotatable bonds is 8. The molecule has 15 atom stereocenters. The summed E-state index contributed by atoms with van der Waals surface area (Å²) in [7, 11) is -5.74. The van der Waals surface area contributed by atoms with Gasteiger partial charge < -0.3 is 79.9 Å². The molecule has 224 valence electrons. The zero-order valence-corrected chi connectivity index (χ0v) is 20.2. The summed E-state index contributed by atoms with van der Waals surface area (Å²) in [6.07, 6.45) is -28.6. The fraction of sp³-hybridized carbons (Fsp3) is 1.00. The van der Waals surface area contributed by atoms with E-state index in [4.69, 9.17) is 23.7 Å². The van der Waals surface area contributed by atoms with Crippen LogP contribution in [0.5, 0.6) is 0 Å². The van der Waals surface area contributed by atoms with Crippen molar-refractivity contribution in [3.63, 3.8) is 0 Å². The zero-order chi connectivity index (χ0) is 28.7. The summed E-state index contributed by atoms with van der Waals surface area (Å²) in [5, 5.41) is 106. The van der Waals surface area contributed by atoms with Gasteiger partial charge in [0.1, 0.15) is 67.1 Å². The van der Waals surface area contributed by atoms with Gasteiger partial charge in [-0.1, -0.05) is 0 Å². The van der Waals surface area contributed by atoms with Crippen molar-refractivity contribution in [1.82, 2.24) is 0 Å². The van der Waals surface area contributed by atoms with E-state index in [1.54, 1.807) is 0 Å². The number of ether oxygens (including phenoxy) is 5. The molecule has 0 saturated carbocycles. The average Bonchev–Trinajstić information content (AvgIpc) is 2.87. The molecule has 20 heteroatoms. The molecule has 19 nitrogen and oxygen atoms in total. The Bertz CT molecular complexity index is 885. The van der Waals surface area contributed by atoms with E-state index in [0.29, 0.717) is 0 Å². The minimum absolute atomic E-state index is 0.863. The Morgan fingerprint density at radius 1 is 0.658 bits per heavy atom. The van der Waals surface area contributed by atoms with Crippen LogP contribution in [0.1, 0.15) is 0 Å². The molecular formula is C18H32O19S. The summed E-state index contributed by atoms with van der Waals surface area (Å²) in [6.45, 7) is -3.12. The summed E-state index contributed by atoms with van der Waals surface area (Å²) in [6, 6.07) is 0. The van der Waals surface area contributed by atoms with Crippen molar-refractivity contribution >= 4 is 10.1 Å². The molecule has 3 aliphatic heterocycles. The predicted octanol–water partition coefficient (Wildman–Crippen LogP) is -8.36. The first-order valence-corrected chi connectivity index (χ1v) is 12.6. The SMILES string of the molecule is O=S(=O)(O)C1(O[C@H]2[C@H](O)[C@@H](O)C(O[C@H]3[C@H](O)[C@@H](O)[C@@H](O)O[C@@H]3CO)O[C@@H]2CO)O[C@H](CO)[C@@H](O)[C@H](O)[C@H]1O. The Labute approximate surface area is 214 Å². The van der Waals surface area contributed by atoms with Crippen LogP contribution < -0.4 is 0 Å². The minimum atomic E-state index is -5.74. The summed E-state index contributed by atoms with van der Waals surface area (Å²) in [5.41, 5.74) is 0. The van der Waals surface area contributed by atoms with Crippen molar-refractivity contribution in [3.05, 3.63) is 0 Å². The van der Waals surface area contributed by atoms with Gasteiger partial charge in [0.2, 0.25) is 0 Å². The first-order chi connectivity index (χ1) is 17.6. The molecule has 2 unspecified atom stereocenters. The Kier molecular flexibility index (Phi) is 10.1. The van der Waals surface area contributed by atoms with E-state index in [1.807, 2.05) is 0 Å². The summed E-state index contributed by atoms with van der Waals surface area (Å²) < 4.78 is 60.0. The summed E-state index contributed by atoms with van der Waals surface area (Å²) in [4.78, 5) is 0. The van der Waals surface area contributed by atoms with Gasteiger partial charge >= 0.3 is 15.2 Å². The Hall–Kier alpha value is -0.730. The lowest BCUT2D eigenvalue weighted by molar-refractivity contribution is -0.388. The van der Waals surface area contributed by atoms with E-state index >= 15 is 0 Å². The van der Waals surface area contributed by atoms with Gasteiger partial charge in [-0.2, -0.15) is 8.42 Å². The highest BCUT2D eigenvalue weighted by Crippen LogP contribution is 2.39. The molecule has 38 heavy (non-hydrogen) atoms. The third-order valence-corrected chi connectivity index (χ3v) is 7.68. The van der Waals surface area contributed by atoms with Crippen molar-refractivity contribution in [3.8, 4) is 0 Å². The molecule has 0 amide bonds. The minimum Gasteiger partial charge on any atom is -0.394 e. The smallest absolute Gasteiger partial charge is 0.330 e. The predicted molar refractivity (Wildman–Crippen MR) is 112 cm³/mol. The maximum Gasteiger partial charge on any atom is 0.330 e. The van der Waals surface area contributed by atoms with Crippen LogP contribution in [0.25, 0.3) is 0 Å². The number of aliphatic hydroxyl groups excluding tert-OH is 11. The van der Waals surface area contributed by atoms with Crippen LogP contribution in [0.3, 0.4) is 0 Å². The van der Waals surface area contributed by atoms with E-state index < -0.39 is 121 Å². The van der Waals surface area contributed by atoms with Crippen molar-refractivity contribution in [2.45, 2.75) is 90.9 Å². The van der Waals surface area contributed by atoms with E-state index in [1.165, 1.54) is 0 Å². The highest BCUT2D eigenvalue weighted by Gasteiger charge is 2.65. The lowest BCUT2D eigenvalue weighted by Gasteiger charge is -2.50. The molecule has 0 aliphatic carbocycles. The van der Waals surface area contributed by atoms with Gasteiger partial charge in [0.05, 0.1) is 19.8 Å². The fourth-order valence-electron chi connectivity index (χ4n) is 4.37. The van der Waals surface area contributed by atoms with Gasteiger partial charge in [-0.15, -0.1) is 0 Å². The lowest BCUT2D eigenvalue weighted by atomic mass is 9.96. The largest absolute Gasteiger partial charge is 0.394 e. The van der Waals surface area contributed by atoms with Gasteiger partial charge in [-0.3, -0.25) is 4.55 Å². The molecule has 0 radical (unpaired) electrons. The average molecular weight is 585 g/mol. The fourth-order valence-corrected chi connectivity index (χ4v) is 5.30. The van der Waals surface area contributed by atoms with Crippen LogP contribution in [-0.4, -0.2) is 180 Å². The third kappa shape index (κ3) is 5.57. The van der Waals surface area contributed by atoms with E-state index in [9.17, 15) is 69.1 Å². The standard InChI is InChI=1S/C18H32O19S/c19-1-4-7(22)10(25)15(28)18(36-4,38(30,31)32)37-14-6(3-21)34-17(12(27)9(14)24)35-13-5(2-20)33-16(29)11(26)8(13)23/h4-17,19-29H,1-3H2,(H,30,31,32)/t4-,5-,6-,7-,8-,9-,10+,11-,12-,13-,14-,15-,16+,17?,18?/m1/s1. The second kappa shape index (κ2) is 12.0. The van der Waals surface area contributed by atoms with Gasteiger partial charge in [-0.25, -0.2) is 0 Å². The number of aliphatic hydroxyl groups is 11. The molecular weight excluding hydrogens is 552 g/mol. The summed E-state index contributed by atoms with van der Waals surface area (Å²) in [5.74, 6) is 0. The maximum atomic E-state index is 12.3. The van der Waals surface area contributed by atoms with Gasteiger partial charge in [0.15, 0.2) is 18.7 Å². The number of hydrogen-bond acceptors (Lipinski definition) is 18. The van der Waals surface area contributed by atoms with Crippen LogP contribution in [0.4, 0.5) is 0 Å². The van der Waals surface area contributed by atoms with Crippen LogP contribution in [-0.2, 0) is 33.8 Å². The van der Waals surface area contributed by atoms with Crippen molar-refractivity contribution in [1.29, 1.82) is 0 Å². The second-order valence-corrected chi connectivity index (χ2v) is 10.5. The van der Waals surface area contributed by atoms with Crippen LogP contribution in [0.15, 0.2) is 0 Å². The first-order valence-electron chi connectivity index (χ1n) is 11.2. The van der Waals surface area contributed by atoms with Gasteiger partial charge in [0, 0.05) is 0 Å². The number of hydrogen-bond donors (Lipinski definition) is 12. The zero-order valence-electron chi connectivity index (χ0n) is 19.3. The molecule has 3 heterocycles. The normalized spacial score (nSPS) is 50.6. The third-order valence-electron chi connectivity index (χ3n) is 6.52. The molecule has 12 N–H and O–H groups in total. The van der Waals surface area contributed by atoms with Gasteiger partial charge in [-0.05, 0) is 0 Å². The van der Waals surface area contributed by atoms with Crippen molar-refractivity contribution < 1.29 is 92.8 Å². The maximum absolute atomic E-state index is 12.3. The topological polar surface area (TPSA) is 323 Å². The highest BCUT2D eigenvalue weighted by molar-refractivity contribution is 7.87. The quantitative estimate of drug-likeness (QED) is 0.118. The summed E-state index contributed by atoms with van der Waals surface area (Å²) >= 11 is 0. The van der Waals surface area contributed by atoms with Gasteiger partial charge in [0.25, 0.3) is 0 Å².